The predicted molar refractivity (Wildman–Crippen MR) is 97.2 cm³/mol. The van der Waals surface area contributed by atoms with Gasteiger partial charge in [0.05, 0.1) is 6.04 Å². The minimum atomic E-state index is -0.676. The summed E-state index contributed by atoms with van der Waals surface area (Å²) in [5.74, 6) is -1.05. The standard InChI is InChI=1S/C16H34N6O3/c17-9-3-1-6-12(19)16(25)21-11-5-8-14(23)22-13(15(20)24)7-2-4-10-18/h12-13H,1-11,17-19H2,(H2,20,24)(H,21,25)(H,22,23)/t12-,13-/m0/s1. The van der Waals surface area contributed by atoms with E-state index in [1.807, 2.05) is 0 Å². The van der Waals surface area contributed by atoms with Crippen LogP contribution in [0.15, 0.2) is 0 Å². The monoisotopic (exact) mass is 358 g/mol. The maximum absolute atomic E-state index is 11.9. The van der Waals surface area contributed by atoms with Crippen molar-refractivity contribution in [3.8, 4) is 0 Å². The summed E-state index contributed by atoms with van der Waals surface area (Å²) < 4.78 is 0. The van der Waals surface area contributed by atoms with Gasteiger partial charge in [0, 0.05) is 13.0 Å². The molecule has 9 nitrogen and oxygen atoms in total. The highest BCUT2D eigenvalue weighted by Crippen LogP contribution is 2.01. The smallest absolute Gasteiger partial charge is 0.239 e. The van der Waals surface area contributed by atoms with Crippen molar-refractivity contribution in [3.63, 3.8) is 0 Å². The number of unbranched alkanes of at least 4 members (excludes halogenated alkanes) is 2. The van der Waals surface area contributed by atoms with Gasteiger partial charge in [-0.3, -0.25) is 14.4 Å². The SMILES string of the molecule is NCCCC[C@H](NC(=O)CCCNC(=O)[C@@H](N)CCCCN)C(N)=O. The quantitative estimate of drug-likeness (QED) is 0.193. The van der Waals surface area contributed by atoms with Crippen molar-refractivity contribution in [2.45, 2.75) is 63.5 Å². The van der Waals surface area contributed by atoms with Crippen molar-refractivity contribution in [2.75, 3.05) is 19.6 Å². The van der Waals surface area contributed by atoms with Crippen LogP contribution >= 0.6 is 0 Å². The maximum atomic E-state index is 11.9. The minimum Gasteiger partial charge on any atom is -0.368 e. The number of hydrogen-bond acceptors (Lipinski definition) is 6. The third-order valence-corrected chi connectivity index (χ3v) is 3.81. The second kappa shape index (κ2) is 14.6. The molecule has 0 aliphatic carbocycles. The van der Waals surface area contributed by atoms with Gasteiger partial charge in [0.25, 0.3) is 0 Å². The van der Waals surface area contributed by atoms with E-state index in [0.29, 0.717) is 38.9 Å². The van der Waals surface area contributed by atoms with Gasteiger partial charge in [-0.25, -0.2) is 0 Å². The highest BCUT2D eigenvalue weighted by Gasteiger charge is 2.17. The summed E-state index contributed by atoms with van der Waals surface area (Å²) in [6.07, 6.45) is 4.88. The van der Waals surface area contributed by atoms with Crippen molar-refractivity contribution < 1.29 is 14.4 Å². The number of rotatable bonds is 15. The molecule has 0 unspecified atom stereocenters. The molecule has 0 saturated heterocycles. The summed E-state index contributed by atoms with van der Waals surface area (Å²) in [5, 5.41) is 5.32. The second-order valence-corrected chi connectivity index (χ2v) is 6.09. The van der Waals surface area contributed by atoms with Crippen LogP contribution in [0.25, 0.3) is 0 Å². The van der Waals surface area contributed by atoms with E-state index in [1.54, 1.807) is 0 Å². The molecule has 9 heteroatoms. The topological polar surface area (TPSA) is 179 Å². The number of amides is 3. The zero-order chi connectivity index (χ0) is 19.1. The Bertz CT molecular complexity index is 405. The first-order valence-corrected chi connectivity index (χ1v) is 8.94. The average Bonchev–Trinajstić information content (AvgIpc) is 2.57. The number of primary amides is 1. The van der Waals surface area contributed by atoms with Crippen molar-refractivity contribution in [1.29, 1.82) is 0 Å². The van der Waals surface area contributed by atoms with Crippen LogP contribution in [0.3, 0.4) is 0 Å². The van der Waals surface area contributed by atoms with Crippen molar-refractivity contribution in [3.05, 3.63) is 0 Å². The molecule has 3 amide bonds. The van der Waals surface area contributed by atoms with Gasteiger partial charge < -0.3 is 33.6 Å². The van der Waals surface area contributed by atoms with E-state index in [4.69, 9.17) is 22.9 Å². The lowest BCUT2D eigenvalue weighted by Crippen LogP contribution is -2.44. The molecule has 0 aromatic carbocycles. The lowest BCUT2D eigenvalue weighted by atomic mass is 10.1. The molecule has 0 heterocycles. The summed E-state index contributed by atoms with van der Waals surface area (Å²) >= 11 is 0. The van der Waals surface area contributed by atoms with Gasteiger partial charge in [-0.2, -0.15) is 0 Å². The molecule has 0 saturated carbocycles. The first kappa shape index (κ1) is 23.3. The van der Waals surface area contributed by atoms with Gasteiger partial charge in [0.2, 0.25) is 17.7 Å². The van der Waals surface area contributed by atoms with Gasteiger partial charge in [-0.05, 0) is 51.6 Å². The van der Waals surface area contributed by atoms with E-state index in [1.165, 1.54) is 0 Å². The highest BCUT2D eigenvalue weighted by molar-refractivity contribution is 5.86. The Kier molecular flexibility index (Phi) is 13.6. The molecular weight excluding hydrogens is 324 g/mol. The van der Waals surface area contributed by atoms with Crippen LogP contribution in [-0.4, -0.2) is 49.4 Å². The Morgan fingerprint density at radius 1 is 0.880 bits per heavy atom. The number of carbonyl (C=O) groups is 3. The Balaban J connectivity index is 3.93. The van der Waals surface area contributed by atoms with Crippen LogP contribution < -0.4 is 33.6 Å². The Morgan fingerprint density at radius 2 is 1.48 bits per heavy atom. The van der Waals surface area contributed by atoms with Gasteiger partial charge >= 0.3 is 0 Å². The molecule has 0 bridgehead atoms. The lowest BCUT2D eigenvalue weighted by molar-refractivity contribution is -0.127. The summed E-state index contributed by atoms with van der Waals surface area (Å²) in [6, 6.07) is -1.23. The van der Waals surface area contributed by atoms with Crippen LogP contribution in [0, 0.1) is 0 Å². The molecule has 0 spiro atoms. The lowest BCUT2D eigenvalue weighted by Gasteiger charge is -2.15. The van der Waals surface area contributed by atoms with Crippen LogP contribution in [0.4, 0.5) is 0 Å². The molecule has 0 rings (SSSR count). The molecule has 0 radical (unpaired) electrons. The van der Waals surface area contributed by atoms with E-state index in [9.17, 15) is 14.4 Å². The maximum Gasteiger partial charge on any atom is 0.239 e. The number of hydrogen-bond donors (Lipinski definition) is 6. The number of nitrogens with two attached hydrogens (primary N) is 4. The number of nitrogens with one attached hydrogen (secondary N) is 2. The highest BCUT2D eigenvalue weighted by atomic mass is 16.2. The molecular formula is C16H34N6O3. The van der Waals surface area contributed by atoms with Gasteiger partial charge in [0.15, 0.2) is 0 Å². The Hall–Kier alpha value is -1.71. The van der Waals surface area contributed by atoms with Gasteiger partial charge in [0.1, 0.15) is 6.04 Å². The summed E-state index contributed by atoms with van der Waals surface area (Å²) in [5.41, 5.74) is 21.8. The zero-order valence-corrected chi connectivity index (χ0v) is 15.0. The van der Waals surface area contributed by atoms with E-state index in [2.05, 4.69) is 10.6 Å². The molecule has 0 aromatic heterocycles. The third kappa shape index (κ3) is 12.3. The molecule has 0 aliphatic heterocycles. The fourth-order valence-corrected chi connectivity index (χ4v) is 2.28. The molecule has 10 N–H and O–H groups in total. The minimum absolute atomic E-state index is 0.198. The van der Waals surface area contributed by atoms with Crippen LogP contribution in [0.1, 0.15) is 51.4 Å². The Labute approximate surface area is 149 Å². The predicted octanol–water partition coefficient (Wildman–Crippen LogP) is -1.56. The van der Waals surface area contributed by atoms with Crippen LogP contribution in [0.5, 0.6) is 0 Å². The van der Waals surface area contributed by atoms with Crippen molar-refractivity contribution in [1.82, 2.24) is 10.6 Å². The first-order chi connectivity index (χ1) is 11.9. The molecule has 0 aliphatic rings. The molecule has 25 heavy (non-hydrogen) atoms. The Morgan fingerprint density at radius 3 is 2.04 bits per heavy atom. The van der Waals surface area contributed by atoms with E-state index < -0.39 is 18.0 Å². The van der Waals surface area contributed by atoms with E-state index in [-0.39, 0.29) is 18.2 Å². The zero-order valence-electron chi connectivity index (χ0n) is 15.0. The molecule has 0 aromatic rings. The second-order valence-electron chi connectivity index (χ2n) is 6.09. The fraction of sp³-hybridized carbons (Fsp3) is 0.812. The third-order valence-electron chi connectivity index (χ3n) is 3.81. The van der Waals surface area contributed by atoms with Gasteiger partial charge in [-0.15, -0.1) is 0 Å². The molecule has 146 valence electrons. The normalized spacial score (nSPS) is 13.1. The van der Waals surface area contributed by atoms with E-state index in [0.717, 1.165) is 25.7 Å². The first-order valence-electron chi connectivity index (χ1n) is 8.94. The van der Waals surface area contributed by atoms with Crippen LogP contribution in [-0.2, 0) is 14.4 Å². The number of carbonyl (C=O) groups excluding carboxylic acids is 3. The summed E-state index contributed by atoms with van der Waals surface area (Å²) in [6.45, 7) is 1.47. The van der Waals surface area contributed by atoms with E-state index >= 15 is 0 Å². The summed E-state index contributed by atoms with van der Waals surface area (Å²) in [7, 11) is 0. The largest absolute Gasteiger partial charge is 0.368 e. The average molecular weight is 358 g/mol. The van der Waals surface area contributed by atoms with Crippen molar-refractivity contribution >= 4 is 17.7 Å². The molecule has 2 atom stereocenters. The van der Waals surface area contributed by atoms with Crippen LogP contribution in [0.2, 0.25) is 0 Å². The summed E-state index contributed by atoms with van der Waals surface area (Å²) in [4.78, 5) is 34.9. The molecule has 0 fully saturated rings. The van der Waals surface area contributed by atoms with Gasteiger partial charge in [-0.1, -0.05) is 6.42 Å². The fourth-order valence-electron chi connectivity index (χ4n) is 2.28. The van der Waals surface area contributed by atoms with Crippen molar-refractivity contribution in [2.24, 2.45) is 22.9 Å².